The first-order chi connectivity index (χ1) is 9.90. The summed E-state index contributed by atoms with van der Waals surface area (Å²) in [5.41, 5.74) is -0.839. The first kappa shape index (κ1) is 15.5. The third-order valence-corrected chi connectivity index (χ3v) is 4.63. The van der Waals surface area contributed by atoms with Crippen molar-refractivity contribution in [2.75, 3.05) is 0 Å². The Balaban J connectivity index is 2.04. The summed E-state index contributed by atoms with van der Waals surface area (Å²) in [6, 6.07) is 1.46. The van der Waals surface area contributed by atoms with Crippen molar-refractivity contribution >= 4 is 5.91 Å². The van der Waals surface area contributed by atoms with Crippen molar-refractivity contribution in [3.8, 4) is 0 Å². The number of carbonyl (C=O) groups is 1. The van der Waals surface area contributed by atoms with Crippen LogP contribution in [0.3, 0.4) is 0 Å². The molecule has 6 heteroatoms. The monoisotopic (exact) mass is 293 g/mol. The van der Waals surface area contributed by atoms with Gasteiger partial charge in [0.2, 0.25) is 5.91 Å². The fourth-order valence-corrected chi connectivity index (χ4v) is 2.93. The average molecular weight is 293 g/mol. The number of hydrogen-bond donors (Lipinski definition) is 1. The molecule has 1 N–H and O–H groups in total. The minimum atomic E-state index is -0.470. The van der Waals surface area contributed by atoms with Gasteiger partial charge in [0.25, 0.3) is 5.56 Å². The Labute approximate surface area is 123 Å². The molecule has 1 aliphatic rings. The van der Waals surface area contributed by atoms with Crippen LogP contribution in [-0.2, 0) is 18.4 Å². The van der Waals surface area contributed by atoms with Crippen molar-refractivity contribution in [1.82, 2.24) is 14.5 Å². The van der Waals surface area contributed by atoms with E-state index in [4.69, 9.17) is 0 Å². The average Bonchev–Trinajstić information content (AvgIpc) is 2.45. The fourth-order valence-electron chi connectivity index (χ4n) is 2.93. The van der Waals surface area contributed by atoms with Gasteiger partial charge in [-0.25, -0.2) is 4.79 Å². The van der Waals surface area contributed by atoms with Gasteiger partial charge in [-0.3, -0.25) is 18.7 Å². The highest BCUT2D eigenvalue weighted by Crippen LogP contribution is 2.29. The normalized spacial score (nSPS) is 25.6. The van der Waals surface area contributed by atoms with Gasteiger partial charge < -0.3 is 5.32 Å². The molecule has 1 saturated carbocycles. The number of carbonyl (C=O) groups excluding carboxylic acids is 1. The molecule has 1 fully saturated rings. The van der Waals surface area contributed by atoms with Crippen LogP contribution in [0.15, 0.2) is 21.9 Å². The lowest BCUT2D eigenvalue weighted by Gasteiger charge is -2.34. The highest BCUT2D eigenvalue weighted by atomic mass is 16.2. The van der Waals surface area contributed by atoms with Gasteiger partial charge in [0.1, 0.15) is 6.54 Å². The predicted octanol–water partition coefficient (Wildman–Crippen LogP) is 0.488. The van der Waals surface area contributed by atoms with Gasteiger partial charge in [-0.1, -0.05) is 26.7 Å². The fraction of sp³-hybridized carbons (Fsp3) is 0.667. The lowest BCUT2D eigenvalue weighted by Crippen LogP contribution is -2.46. The Morgan fingerprint density at radius 2 is 2.05 bits per heavy atom. The lowest BCUT2D eigenvalue weighted by atomic mass is 9.78. The van der Waals surface area contributed by atoms with E-state index in [0.29, 0.717) is 11.8 Å². The molecule has 21 heavy (non-hydrogen) atoms. The number of rotatable bonds is 3. The van der Waals surface area contributed by atoms with Crippen molar-refractivity contribution in [1.29, 1.82) is 0 Å². The van der Waals surface area contributed by atoms with Gasteiger partial charge in [-0.15, -0.1) is 0 Å². The Hall–Kier alpha value is -1.85. The van der Waals surface area contributed by atoms with E-state index in [-0.39, 0.29) is 24.1 Å². The van der Waals surface area contributed by atoms with Gasteiger partial charge in [0.05, 0.1) is 0 Å². The molecule has 1 aromatic rings. The van der Waals surface area contributed by atoms with Crippen molar-refractivity contribution in [2.24, 2.45) is 18.9 Å². The SMILES string of the molecule is C[C@@H]1[C@H](C)CCC[C@H]1NC(=O)Cn1ccc(=O)n(C)c1=O. The molecule has 1 amide bonds. The van der Waals surface area contributed by atoms with E-state index in [9.17, 15) is 14.4 Å². The quantitative estimate of drug-likeness (QED) is 0.881. The molecule has 0 aromatic carbocycles. The van der Waals surface area contributed by atoms with Gasteiger partial charge >= 0.3 is 5.69 Å². The maximum absolute atomic E-state index is 12.1. The molecule has 116 valence electrons. The van der Waals surface area contributed by atoms with Crippen LogP contribution in [0, 0.1) is 11.8 Å². The van der Waals surface area contributed by atoms with E-state index in [1.807, 2.05) is 0 Å². The van der Waals surface area contributed by atoms with Crippen molar-refractivity contribution in [2.45, 2.75) is 45.7 Å². The van der Waals surface area contributed by atoms with E-state index < -0.39 is 5.69 Å². The highest BCUT2D eigenvalue weighted by molar-refractivity contribution is 5.76. The van der Waals surface area contributed by atoms with E-state index in [2.05, 4.69) is 19.2 Å². The third kappa shape index (κ3) is 3.43. The van der Waals surface area contributed by atoms with Gasteiger partial charge in [-0.05, 0) is 18.3 Å². The van der Waals surface area contributed by atoms with Crippen LogP contribution in [0.4, 0.5) is 0 Å². The largest absolute Gasteiger partial charge is 0.352 e. The summed E-state index contributed by atoms with van der Waals surface area (Å²) >= 11 is 0. The molecule has 1 aliphatic carbocycles. The number of amides is 1. The molecular weight excluding hydrogens is 270 g/mol. The Bertz CT molecular complexity index is 632. The van der Waals surface area contributed by atoms with E-state index in [1.54, 1.807) is 0 Å². The zero-order valence-electron chi connectivity index (χ0n) is 12.8. The molecule has 1 heterocycles. The third-order valence-electron chi connectivity index (χ3n) is 4.63. The first-order valence-corrected chi connectivity index (χ1v) is 7.46. The van der Waals surface area contributed by atoms with Gasteiger partial charge in [0.15, 0.2) is 0 Å². The topological polar surface area (TPSA) is 73.1 Å². The van der Waals surface area contributed by atoms with E-state index in [0.717, 1.165) is 17.4 Å². The summed E-state index contributed by atoms with van der Waals surface area (Å²) in [5, 5.41) is 3.02. The molecular formula is C15H23N3O3. The van der Waals surface area contributed by atoms with Gasteiger partial charge in [-0.2, -0.15) is 0 Å². The molecule has 0 radical (unpaired) electrons. The van der Waals surface area contributed by atoms with Crippen LogP contribution in [0.1, 0.15) is 33.1 Å². The summed E-state index contributed by atoms with van der Waals surface area (Å²) in [7, 11) is 1.41. The highest BCUT2D eigenvalue weighted by Gasteiger charge is 2.28. The number of nitrogens with zero attached hydrogens (tertiary/aromatic N) is 2. The molecule has 0 aliphatic heterocycles. The summed E-state index contributed by atoms with van der Waals surface area (Å²) in [6.07, 6.45) is 4.68. The van der Waals surface area contributed by atoms with E-state index in [1.165, 1.54) is 30.3 Å². The second-order valence-electron chi connectivity index (χ2n) is 6.06. The molecule has 0 spiro atoms. The van der Waals surface area contributed by atoms with E-state index >= 15 is 0 Å². The Morgan fingerprint density at radius 3 is 2.76 bits per heavy atom. The van der Waals surface area contributed by atoms with Crippen LogP contribution >= 0.6 is 0 Å². The van der Waals surface area contributed by atoms with Crippen LogP contribution in [0.2, 0.25) is 0 Å². The standard InChI is InChI=1S/C15H23N3O3/c1-10-5-4-6-12(11(10)2)16-13(19)9-18-8-7-14(20)17(3)15(18)21/h7-8,10-12H,4-6,9H2,1-3H3,(H,16,19)/t10-,11-,12-/m1/s1. The molecule has 3 atom stereocenters. The van der Waals surface area contributed by atoms with Crippen molar-refractivity contribution < 1.29 is 4.79 Å². The van der Waals surface area contributed by atoms with Crippen LogP contribution in [0.5, 0.6) is 0 Å². The smallest absolute Gasteiger partial charge is 0.331 e. The summed E-state index contributed by atoms with van der Waals surface area (Å²) in [5.74, 6) is 0.866. The number of hydrogen-bond acceptors (Lipinski definition) is 3. The van der Waals surface area contributed by atoms with Crippen molar-refractivity contribution in [3.63, 3.8) is 0 Å². The molecule has 1 aromatic heterocycles. The molecule has 6 nitrogen and oxygen atoms in total. The lowest BCUT2D eigenvalue weighted by molar-refractivity contribution is -0.123. The number of aromatic nitrogens is 2. The maximum Gasteiger partial charge on any atom is 0.331 e. The van der Waals surface area contributed by atoms with Crippen LogP contribution < -0.4 is 16.6 Å². The molecule has 0 bridgehead atoms. The second kappa shape index (κ2) is 6.28. The second-order valence-corrected chi connectivity index (χ2v) is 6.06. The molecule has 2 rings (SSSR count). The zero-order valence-corrected chi connectivity index (χ0v) is 12.8. The summed E-state index contributed by atoms with van der Waals surface area (Å²) in [4.78, 5) is 35.3. The Kier molecular flexibility index (Phi) is 4.65. The van der Waals surface area contributed by atoms with Gasteiger partial charge in [0, 0.05) is 25.4 Å². The van der Waals surface area contributed by atoms with Crippen molar-refractivity contribution in [3.05, 3.63) is 33.1 Å². The summed E-state index contributed by atoms with van der Waals surface area (Å²) < 4.78 is 2.26. The maximum atomic E-state index is 12.1. The predicted molar refractivity (Wildman–Crippen MR) is 80.1 cm³/mol. The molecule has 0 unspecified atom stereocenters. The zero-order chi connectivity index (χ0) is 15.6. The summed E-state index contributed by atoms with van der Waals surface area (Å²) in [6.45, 7) is 4.32. The molecule has 0 saturated heterocycles. The van der Waals surface area contributed by atoms with Crippen LogP contribution in [-0.4, -0.2) is 21.1 Å². The Morgan fingerprint density at radius 1 is 1.33 bits per heavy atom. The minimum absolute atomic E-state index is 0.0510. The number of nitrogens with one attached hydrogen (secondary N) is 1. The first-order valence-electron chi connectivity index (χ1n) is 7.46. The van der Waals surface area contributed by atoms with Crippen LogP contribution in [0.25, 0.3) is 0 Å². The minimum Gasteiger partial charge on any atom is -0.352 e.